The highest BCUT2D eigenvalue weighted by Gasteiger charge is 2.02. The minimum atomic E-state index is -0.124. The van der Waals surface area contributed by atoms with Crippen molar-refractivity contribution in [2.75, 3.05) is 13.2 Å². The van der Waals surface area contributed by atoms with Gasteiger partial charge in [0.2, 0.25) is 0 Å². The Kier molecular flexibility index (Phi) is 46.9. The molecule has 0 rings (SSSR count). The van der Waals surface area contributed by atoms with Crippen molar-refractivity contribution in [3.8, 4) is 0 Å². The predicted octanol–water partition coefficient (Wildman–Crippen LogP) is 8.76. The van der Waals surface area contributed by atoms with Crippen molar-refractivity contribution in [3.63, 3.8) is 0 Å². The van der Waals surface area contributed by atoms with Crippen LogP contribution in [-0.2, 0) is 9.53 Å². The zero-order valence-electron chi connectivity index (χ0n) is 20.6. The molecule has 0 bridgehead atoms. The number of hydrogen-bond acceptors (Lipinski definition) is 3. The van der Waals surface area contributed by atoms with Crippen LogP contribution < -0.4 is 0 Å². The molecule has 0 heterocycles. The van der Waals surface area contributed by atoms with E-state index in [1.165, 1.54) is 64.2 Å². The molecule has 3 heteroatoms. The second-order valence-corrected chi connectivity index (χ2v) is 6.80. The number of esters is 1. The fourth-order valence-corrected chi connectivity index (χ4v) is 2.82. The Bertz CT molecular complexity index is 391. The number of carbonyl (C=O) groups is 1. The lowest BCUT2D eigenvalue weighted by molar-refractivity contribution is -0.144. The first-order valence-corrected chi connectivity index (χ1v) is 12.5. The molecule has 0 aromatic rings. The van der Waals surface area contributed by atoms with Crippen LogP contribution in [0.2, 0.25) is 0 Å². The smallest absolute Gasteiger partial charge is 0.305 e. The summed E-state index contributed by atoms with van der Waals surface area (Å²) in [6.07, 6.45) is 21.5. The first-order valence-electron chi connectivity index (χ1n) is 12.5. The van der Waals surface area contributed by atoms with E-state index < -0.39 is 0 Å². The Balaban J connectivity index is -0.000000684. The standard InChI is InChI=1S/C23H39O3.2C2H6.CH4/c1-2-3-4-5-6-7-8-9-10-11-12-13-14-15-16-17-18-20-23(25)26-22-19-21-24;2*1-2;/h4-5,24H,1,6-22H2;2*1-2H3;1H4. The first-order chi connectivity index (χ1) is 14.8. The lowest BCUT2D eigenvalue weighted by Crippen LogP contribution is -2.06. The fraction of sp³-hybridized carbons (Fsp3) is 0.786. The molecule has 0 saturated carbocycles. The summed E-state index contributed by atoms with van der Waals surface area (Å²) in [6, 6.07) is 0. The van der Waals surface area contributed by atoms with Crippen molar-refractivity contribution in [2.45, 2.75) is 131 Å². The average molecular weight is 440 g/mol. The van der Waals surface area contributed by atoms with Crippen molar-refractivity contribution in [1.82, 2.24) is 0 Å². The molecule has 0 saturated heterocycles. The highest BCUT2D eigenvalue weighted by molar-refractivity contribution is 5.69. The van der Waals surface area contributed by atoms with E-state index in [2.05, 4.69) is 24.5 Å². The van der Waals surface area contributed by atoms with Crippen LogP contribution in [0.25, 0.3) is 0 Å². The van der Waals surface area contributed by atoms with E-state index in [1.54, 1.807) is 0 Å². The summed E-state index contributed by atoms with van der Waals surface area (Å²) in [5.41, 5.74) is 5.46. The molecule has 31 heavy (non-hydrogen) atoms. The lowest BCUT2D eigenvalue weighted by Gasteiger charge is -2.04. The Morgan fingerprint density at radius 1 is 0.806 bits per heavy atom. The van der Waals surface area contributed by atoms with Crippen molar-refractivity contribution >= 4 is 5.97 Å². The Morgan fingerprint density at radius 2 is 1.26 bits per heavy atom. The number of aliphatic hydroxyl groups is 1. The van der Waals surface area contributed by atoms with Crippen LogP contribution in [0, 0.1) is 6.42 Å². The minimum absolute atomic E-state index is 0. The van der Waals surface area contributed by atoms with Gasteiger partial charge in [0.15, 0.2) is 0 Å². The van der Waals surface area contributed by atoms with Gasteiger partial charge in [-0.15, -0.1) is 0 Å². The van der Waals surface area contributed by atoms with E-state index in [9.17, 15) is 4.79 Å². The van der Waals surface area contributed by atoms with E-state index in [0.717, 1.165) is 19.3 Å². The largest absolute Gasteiger partial charge is 0.466 e. The first kappa shape index (κ1) is 37.1. The number of allylic oxidation sites excluding steroid dienone is 1. The van der Waals surface area contributed by atoms with Crippen molar-refractivity contribution in [1.29, 1.82) is 0 Å². The molecule has 3 nitrogen and oxygen atoms in total. The van der Waals surface area contributed by atoms with Gasteiger partial charge < -0.3 is 9.84 Å². The van der Waals surface area contributed by atoms with Crippen molar-refractivity contribution < 1.29 is 14.6 Å². The molecule has 0 fully saturated rings. The van der Waals surface area contributed by atoms with Gasteiger partial charge in [-0.05, 0) is 31.9 Å². The number of aliphatic hydroxyl groups excluding tert-OH is 1. The van der Waals surface area contributed by atoms with Gasteiger partial charge >= 0.3 is 5.97 Å². The molecule has 0 spiro atoms. The SMILES string of the molecule is C.C=C=C=C[CH]CCCCCCCCCCCCCCC(=O)OCCCO.CC.CC. The van der Waals surface area contributed by atoms with Crippen LogP contribution in [0.3, 0.4) is 0 Å². The number of rotatable bonds is 19. The quantitative estimate of drug-likeness (QED) is 0.124. The second-order valence-electron chi connectivity index (χ2n) is 6.80. The van der Waals surface area contributed by atoms with Gasteiger partial charge in [0.1, 0.15) is 0 Å². The molecule has 0 aliphatic rings. The van der Waals surface area contributed by atoms with Crippen LogP contribution in [0.1, 0.15) is 131 Å². The summed E-state index contributed by atoms with van der Waals surface area (Å²) in [5, 5.41) is 8.61. The molecule has 0 amide bonds. The monoisotopic (exact) mass is 439 g/mol. The van der Waals surface area contributed by atoms with E-state index in [-0.39, 0.29) is 20.0 Å². The van der Waals surface area contributed by atoms with Gasteiger partial charge in [0.25, 0.3) is 0 Å². The zero-order chi connectivity index (χ0) is 23.1. The molecular weight excluding hydrogens is 384 g/mol. The molecule has 0 aliphatic heterocycles. The average Bonchev–Trinajstić information content (AvgIpc) is 2.79. The summed E-state index contributed by atoms with van der Waals surface area (Å²) in [6.45, 7) is 11.9. The van der Waals surface area contributed by atoms with Crippen LogP contribution in [0.4, 0.5) is 0 Å². The third-order valence-corrected chi connectivity index (χ3v) is 4.37. The number of hydrogen-bond donors (Lipinski definition) is 1. The highest BCUT2D eigenvalue weighted by Crippen LogP contribution is 2.13. The number of carbonyl (C=O) groups excluding carboxylic acids is 1. The predicted molar refractivity (Wildman–Crippen MR) is 138 cm³/mol. The Hall–Kier alpha value is -1.27. The van der Waals surface area contributed by atoms with Crippen molar-refractivity contribution in [2.24, 2.45) is 0 Å². The van der Waals surface area contributed by atoms with E-state index in [4.69, 9.17) is 9.84 Å². The zero-order valence-corrected chi connectivity index (χ0v) is 20.6. The Morgan fingerprint density at radius 3 is 1.71 bits per heavy atom. The topological polar surface area (TPSA) is 46.5 Å². The molecule has 1 N–H and O–H groups in total. The van der Waals surface area contributed by atoms with Crippen LogP contribution >= 0.6 is 0 Å². The summed E-state index contributed by atoms with van der Waals surface area (Å²) in [4.78, 5) is 11.4. The van der Waals surface area contributed by atoms with Gasteiger partial charge in [0, 0.05) is 19.4 Å². The van der Waals surface area contributed by atoms with Gasteiger partial charge in [-0.3, -0.25) is 4.79 Å². The Labute approximate surface area is 196 Å². The fourth-order valence-electron chi connectivity index (χ4n) is 2.82. The van der Waals surface area contributed by atoms with Gasteiger partial charge in [-0.25, -0.2) is 0 Å². The number of unbranched alkanes of at least 4 members (excludes halogenated alkanes) is 13. The summed E-state index contributed by atoms with van der Waals surface area (Å²) in [7, 11) is 0. The molecule has 0 aromatic heterocycles. The second kappa shape index (κ2) is 39.2. The maximum atomic E-state index is 11.4. The number of ether oxygens (including phenoxy) is 1. The van der Waals surface area contributed by atoms with E-state index in [1.807, 2.05) is 33.8 Å². The summed E-state index contributed by atoms with van der Waals surface area (Å²) in [5.74, 6) is -0.124. The summed E-state index contributed by atoms with van der Waals surface area (Å²) < 4.78 is 5.00. The maximum absolute atomic E-state index is 11.4. The molecule has 0 aliphatic carbocycles. The lowest BCUT2D eigenvalue weighted by atomic mass is 10.0. The molecule has 185 valence electrons. The van der Waals surface area contributed by atoms with Crippen LogP contribution in [-0.4, -0.2) is 24.3 Å². The van der Waals surface area contributed by atoms with Gasteiger partial charge in [-0.2, -0.15) is 0 Å². The molecule has 0 atom stereocenters. The summed E-state index contributed by atoms with van der Waals surface area (Å²) >= 11 is 0. The third kappa shape index (κ3) is 39.7. The van der Waals surface area contributed by atoms with Gasteiger partial charge in [-0.1, -0.05) is 117 Å². The highest BCUT2D eigenvalue weighted by atomic mass is 16.5. The van der Waals surface area contributed by atoms with Crippen LogP contribution in [0.15, 0.2) is 24.1 Å². The van der Waals surface area contributed by atoms with E-state index >= 15 is 0 Å². The van der Waals surface area contributed by atoms with E-state index in [0.29, 0.717) is 19.4 Å². The molecular formula is C28H55O3. The molecule has 1 radical (unpaired) electrons. The van der Waals surface area contributed by atoms with Crippen molar-refractivity contribution in [3.05, 3.63) is 30.5 Å². The molecule has 0 aromatic carbocycles. The third-order valence-electron chi connectivity index (χ3n) is 4.37. The maximum Gasteiger partial charge on any atom is 0.305 e. The van der Waals surface area contributed by atoms with Gasteiger partial charge in [0.05, 0.1) is 6.61 Å². The normalized spacial score (nSPS) is 8.94. The minimum Gasteiger partial charge on any atom is -0.466 e. The molecule has 0 unspecified atom stereocenters. The van der Waals surface area contributed by atoms with Crippen LogP contribution in [0.5, 0.6) is 0 Å².